The molecule has 0 aliphatic rings. The normalized spacial score (nSPS) is 11.5. The summed E-state index contributed by atoms with van der Waals surface area (Å²) in [5.41, 5.74) is -0.181. The van der Waals surface area contributed by atoms with Crippen LogP contribution in [0.25, 0.3) is 0 Å². The zero-order valence-corrected chi connectivity index (χ0v) is 14.1. The number of carbonyl (C=O) groups is 2. The molecule has 1 aromatic heterocycles. The standard InChI is InChI=1S/C16H14ClN3O5/c1-9-4-3-5-12(20(23)24)14(9)16(22)25-10(2)15(21)19-13-7-6-11(17)8-18-13/h3-8,10H,1-2H3,(H,18,19,21)/t10-/m1/s1. The molecule has 1 atom stereocenters. The number of carbonyl (C=O) groups excluding carboxylic acids is 2. The molecule has 1 aromatic carbocycles. The number of halogens is 1. The molecule has 8 nitrogen and oxygen atoms in total. The van der Waals surface area contributed by atoms with Gasteiger partial charge >= 0.3 is 5.97 Å². The van der Waals surface area contributed by atoms with Gasteiger partial charge in [-0.15, -0.1) is 0 Å². The van der Waals surface area contributed by atoms with Crippen LogP contribution in [0, 0.1) is 17.0 Å². The van der Waals surface area contributed by atoms with Crippen LogP contribution in [0.3, 0.4) is 0 Å². The van der Waals surface area contributed by atoms with Crippen molar-refractivity contribution in [3.63, 3.8) is 0 Å². The second kappa shape index (κ2) is 7.71. The quantitative estimate of drug-likeness (QED) is 0.496. The highest BCUT2D eigenvalue weighted by molar-refractivity contribution is 6.30. The highest BCUT2D eigenvalue weighted by atomic mass is 35.5. The SMILES string of the molecule is Cc1cccc([N+](=O)[O-])c1C(=O)O[C@H](C)C(=O)Nc1ccc(Cl)cn1. The van der Waals surface area contributed by atoms with Crippen LogP contribution in [-0.4, -0.2) is 27.9 Å². The molecule has 1 N–H and O–H groups in total. The Hall–Kier alpha value is -3.00. The van der Waals surface area contributed by atoms with E-state index < -0.39 is 22.9 Å². The summed E-state index contributed by atoms with van der Waals surface area (Å²) < 4.78 is 5.06. The van der Waals surface area contributed by atoms with Gasteiger partial charge in [0.2, 0.25) is 0 Å². The van der Waals surface area contributed by atoms with Gasteiger partial charge in [0.05, 0.1) is 9.95 Å². The van der Waals surface area contributed by atoms with Crippen molar-refractivity contribution in [2.75, 3.05) is 5.32 Å². The van der Waals surface area contributed by atoms with Gasteiger partial charge in [0.25, 0.3) is 11.6 Å². The van der Waals surface area contributed by atoms with Gasteiger partial charge in [-0.05, 0) is 31.5 Å². The van der Waals surface area contributed by atoms with E-state index in [1.807, 2.05) is 0 Å². The van der Waals surface area contributed by atoms with Crippen LogP contribution >= 0.6 is 11.6 Å². The fourth-order valence-corrected chi connectivity index (χ4v) is 2.13. The molecule has 0 aliphatic carbocycles. The predicted octanol–water partition coefficient (Wildman–Crippen LogP) is 3.14. The number of aryl methyl sites for hydroxylation is 1. The lowest BCUT2D eigenvalue weighted by Gasteiger charge is -2.14. The molecule has 0 spiro atoms. The number of ether oxygens (including phenoxy) is 1. The van der Waals surface area contributed by atoms with E-state index in [-0.39, 0.29) is 17.1 Å². The summed E-state index contributed by atoms with van der Waals surface area (Å²) >= 11 is 5.70. The number of nitrogens with zero attached hydrogens (tertiary/aromatic N) is 2. The van der Waals surface area contributed by atoms with Gasteiger partial charge in [0.1, 0.15) is 11.4 Å². The number of aromatic nitrogens is 1. The fraction of sp³-hybridized carbons (Fsp3) is 0.188. The van der Waals surface area contributed by atoms with Crippen LogP contribution < -0.4 is 5.32 Å². The molecule has 2 rings (SSSR count). The second-order valence-electron chi connectivity index (χ2n) is 5.12. The number of amides is 1. The van der Waals surface area contributed by atoms with Crippen LogP contribution in [0.2, 0.25) is 5.02 Å². The molecule has 1 heterocycles. The van der Waals surface area contributed by atoms with E-state index in [1.54, 1.807) is 13.0 Å². The number of anilines is 1. The van der Waals surface area contributed by atoms with Crippen molar-refractivity contribution in [2.45, 2.75) is 20.0 Å². The van der Waals surface area contributed by atoms with Crippen LogP contribution in [0.5, 0.6) is 0 Å². The zero-order valence-electron chi connectivity index (χ0n) is 13.4. The number of hydrogen-bond acceptors (Lipinski definition) is 6. The minimum atomic E-state index is -1.18. The maximum Gasteiger partial charge on any atom is 0.346 e. The minimum Gasteiger partial charge on any atom is -0.449 e. The first kappa shape index (κ1) is 18.3. The van der Waals surface area contributed by atoms with E-state index in [2.05, 4.69) is 10.3 Å². The first-order chi connectivity index (χ1) is 11.8. The average molecular weight is 364 g/mol. The molecule has 2 aromatic rings. The largest absolute Gasteiger partial charge is 0.449 e. The Kier molecular flexibility index (Phi) is 5.66. The Balaban J connectivity index is 2.11. The number of benzene rings is 1. The van der Waals surface area contributed by atoms with Crippen molar-refractivity contribution in [3.05, 3.63) is 62.8 Å². The third-order valence-electron chi connectivity index (χ3n) is 3.28. The molecule has 130 valence electrons. The molecular weight excluding hydrogens is 350 g/mol. The summed E-state index contributed by atoms with van der Waals surface area (Å²) in [4.78, 5) is 38.6. The van der Waals surface area contributed by atoms with Crippen molar-refractivity contribution in [2.24, 2.45) is 0 Å². The van der Waals surface area contributed by atoms with Gasteiger partial charge in [0.15, 0.2) is 6.10 Å². The van der Waals surface area contributed by atoms with Crippen molar-refractivity contribution < 1.29 is 19.2 Å². The Morgan fingerprint density at radius 2 is 2.04 bits per heavy atom. The Morgan fingerprint density at radius 3 is 2.64 bits per heavy atom. The molecule has 0 bridgehead atoms. The van der Waals surface area contributed by atoms with Gasteiger partial charge in [-0.2, -0.15) is 0 Å². The summed E-state index contributed by atoms with van der Waals surface area (Å²) in [6.45, 7) is 2.90. The minimum absolute atomic E-state index is 0.184. The molecule has 25 heavy (non-hydrogen) atoms. The Morgan fingerprint density at radius 1 is 1.32 bits per heavy atom. The molecule has 0 unspecified atom stereocenters. The first-order valence-electron chi connectivity index (χ1n) is 7.17. The van der Waals surface area contributed by atoms with Crippen LogP contribution in [-0.2, 0) is 9.53 Å². The van der Waals surface area contributed by atoms with Crippen molar-refractivity contribution in [3.8, 4) is 0 Å². The van der Waals surface area contributed by atoms with Gasteiger partial charge in [-0.25, -0.2) is 9.78 Å². The highest BCUT2D eigenvalue weighted by Crippen LogP contribution is 2.23. The summed E-state index contributed by atoms with van der Waals surface area (Å²) in [6, 6.07) is 7.24. The number of nitrogens with one attached hydrogen (secondary N) is 1. The number of pyridine rings is 1. The fourth-order valence-electron chi connectivity index (χ4n) is 2.02. The molecule has 0 fully saturated rings. The summed E-state index contributed by atoms with van der Waals surface area (Å²) in [5.74, 6) is -1.34. The maximum atomic E-state index is 12.3. The van der Waals surface area contributed by atoms with E-state index in [0.29, 0.717) is 10.6 Å². The van der Waals surface area contributed by atoms with Crippen molar-refractivity contribution >= 4 is 35.0 Å². The first-order valence-corrected chi connectivity index (χ1v) is 7.54. The lowest BCUT2D eigenvalue weighted by Crippen LogP contribution is -2.30. The van der Waals surface area contributed by atoms with Gasteiger partial charge < -0.3 is 10.1 Å². The van der Waals surface area contributed by atoms with E-state index in [0.717, 1.165) is 0 Å². The number of nitro benzene ring substituents is 1. The van der Waals surface area contributed by atoms with Crippen LogP contribution in [0.1, 0.15) is 22.8 Å². The monoisotopic (exact) mass is 363 g/mol. The molecule has 1 amide bonds. The Labute approximate surface area is 147 Å². The lowest BCUT2D eigenvalue weighted by atomic mass is 10.1. The number of nitro groups is 1. The second-order valence-corrected chi connectivity index (χ2v) is 5.56. The zero-order chi connectivity index (χ0) is 18.6. The number of hydrogen-bond donors (Lipinski definition) is 1. The molecule has 9 heteroatoms. The molecule has 0 saturated carbocycles. The summed E-state index contributed by atoms with van der Waals surface area (Å²) in [7, 11) is 0. The van der Waals surface area contributed by atoms with Crippen molar-refractivity contribution in [1.82, 2.24) is 4.98 Å². The summed E-state index contributed by atoms with van der Waals surface area (Å²) in [6.07, 6.45) is 0.175. The van der Waals surface area contributed by atoms with Gasteiger partial charge in [0, 0.05) is 12.3 Å². The molecule has 0 radical (unpaired) electrons. The van der Waals surface area contributed by atoms with Crippen molar-refractivity contribution in [1.29, 1.82) is 0 Å². The van der Waals surface area contributed by atoms with E-state index in [4.69, 9.17) is 16.3 Å². The van der Waals surface area contributed by atoms with E-state index >= 15 is 0 Å². The predicted molar refractivity (Wildman–Crippen MR) is 90.6 cm³/mol. The smallest absolute Gasteiger partial charge is 0.346 e. The van der Waals surface area contributed by atoms with E-state index in [1.165, 1.54) is 37.4 Å². The lowest BCUT2D eigenvalue weighted by molar-refractivity contribution is -0.385. The van der Waals surface area contributed by atoms with E-state index in [9.17, 15) is 19.7 Å². The highest BCUT2D eigenvalue weighted by Gasteiger charge is 2.27. The topological polar surface area (TPSA) is 111 Å². The third-order valence-corrected chi connectivity index (χ3v) is 3.51. The molecule has 0 saturated heterocycles. The molecular formula is C16H14ClN3O5. The summed E-state index contributed by atoms with van der Waals surface area (Å²) in [5, 5.41) is 13.9. The Bertz CT molecular complexity index is 823. The van der Waals surface area contributed by atoms with Gasteiger partial charge in [-0.1, -0.05) is 23.7 Å². The van der Waals surface area contributed by atoms with Gasteiger partial charge in [-0.3, -0.25) is 14.9 Å². The number of rotatable bonds is 5. The third kappa shape index (κ3) is 4.51. The number of esters is 1. The maximum absolute atomic E-state index is 12.3. The van der Waals surface area contributed by atoms with Crippen LogP contribution in [0.15, 0.2) is 36.5 Å². The average Bonchev–Trinajstić information content (AvgIpc) is 2.56. The van der Waals surface area contributed by atoms with Crippen LogP contribution in [0.4, 0.5) is 11.5 Å². The molecule has 0 aliphatic heterocycles.